The Balaban J connectivity index is 0.000000753. The Hall–Kier alpha value is -1.74. The van der Waals surface area contributed by atoms with Crippen molar-refractivity contribution in [2.75, 3.05) is 0 Å². The van der Waals surface area contributed by atoms with E-state index in [-0.39, 0.29) is 0 Å². The first-order chi connectivity index (χ1) is 11.3. The molecule has 0 unspecified atom stereocenters. The average molecular weight is 372 g/mol. The Labute approximate surface area is 148 Å². The van der Waals surface area contributed by atoms with Gasteiger partial charge in [0.2, 0.25) is 0 Å². The van der Waals surface area contributed by atoms with Gasteiger partial charge in [0.25, 0.3) is 0 Å². The van der Waals surface area contributed by atoms with Crippen LogP contribution in [-0.4, -0.2) is 15.0 Å². The van der Waals surface area contributed by atoms with Gasteiger partial charge in [-0.05, 0) is 36.4 Å². The molecule has 4 heterocycles. The average Bonchev–Trinajstić information content (AvgIpc) is 2.57. The second-order valence-corrected chi connectivity index (χ2v) is 5.39. The van der Waals surface area contributed by atoms with Gasteiger partial charge in [0.05, 0.1) is 0 Å². The standard InChI is InChI=1S/C18H15N3.ClH.Cu/c1-4-13-10-15-6-2-8-17(20-15)12-18-9-3-7-16(21-18)11-14(5-1)19-13;;/h1-9H,10-12H2;1H;/q;;+1/p-1. The Morgan fingerprint density at radius 2 is 0.739 bits per heavy atom. The number of halogens is 1. The molecule has 0 saturated carbocycles. The van der Waals surface area contributed by atoms with Crippen molar-refractivity contribution < 1.29 is 15.1 Å². The first-order valence-electron chi connectivity index (χ1n) is 7.31. The van der Waals surface area contributed by atoms with E-state index in [1.165, 1.54) is 0 Å². The molecule has 0 aliphatic carbocycles. The predicted molar refractivity (Wildman–Crippen MR) is 87.0 cm³/mol. The normalized spacial score (nSPS) is 12.3. The zero-order valence-electron chi connectivity index (χ0n) is 12.3. The van der Waals surface area contributed by atoms with Crippen LogP contribution in [0.25, 0.3) is 0 Å². The fourth-order valence-electron chi connectivity index (χ4n) is 2.74. The molecule has 3 aromatic rings. The minimum absolute atomic E-state index is 0.781. The number of nitrogens with zero attached hydrogens (tertiary/aromatic N) is 3. The van der Waals surface area contributed by atoms with Gasteiger partial charge in [0, 0.05) is 53.4 Å². The molecule has 23 heavy (non-hydrogen) atoms. The number of hydrogen-bond donors (Lipinski definition) is 0. The molecule has 0 radical (unpaired) electrons. The second kappa shape index (κ2) is 7.69. The van der Waals surface area contributed by atoms with Crippen LogP contribution >= 0.6 is 10.1 Å². The summed E-state index contributed by atoms with van der Waals surface area (Å²) in [6.45, 7) is 0. The molecule has 1 aliphatic rings. The summed E-state index contributed by atoms with van der Waals surface area (Å²) in [6.07, 6.45) is 2.34. The summed E-state index contributed by atoms with van der Waals surface area (Å²) < 4.78 is 0. The maximum atomic E-state index is 4.73. The van der Waals surface area contributed by atoms with Gasteiger partial charge in [-0.25, -0.2) is 0 Å². The van der Waals surface area contributed by atoms with Crippen LogP contribution in [0.5, 0.6) is 0 Å². The molecule has 6 bridgehead atoms. The van der Waals surface area contributed by atoms with Crippen LogP contribution in [-0.2, 0) is 34.4 Å². The van der Waals surface area contributed by atoms with Gasteiger partial charge in [-0.15, -0.1) is 0 Å². The third-order valence-electron chi connectivity index (χ3n) is 3.68. The predicted octanol–water partition coefficient (Wildman–Crippen LogP) is 3.64. The van der Waals surface area contributed by atoms with Crippen LogP contribution in [0.15, 0.2) is 54.6 Å². The van der Waals surface area contributed by atoms with Crippen LogP contribution in [0.1, 0.15) is 34.2 Å². The maximum absolute atomic E-state index is 4.73. The van der Waals surface area contributed by atoms with Crippen molar-refractivity contribution in [1.29, 1.82) is 0 Å². The van der Waals surface area contributed by atoms with Crippen LogP contribution in [0.4, 0.5) is 0 Å². The van der Waals surface area contributed by atoms with E-state index < -0.39 is 0 Å². The van der Waals surface area contributed by atoms with Crippen molar-refractivity contribution in [1.82, 2.24) is 15.0 Å². The molecule has 0 saturated heterocycles. The summed E-state index contributed by atoms with van der Waals surface area (Å²) in [5.41, 5.74) is 6.38. The Morgan fingerprint density at radius 3 is 0.957 bits per heavy atom. The second-order valence-electron chi connectivity index (χ2n) is 5.39. The minimum Gasteiger partial charge on any atom is -0.257 e. The first-order valence-corrected chi connectivity index (χ1v) is 8.60. The van der Waals surface area contributed by atoms with Gasteiger partial charge >= 0.3 is 25.2 Å². The molecule has 0 spiro atoms. The van der Waals surface area contributed by atoms with E-state index in [0.29, 0.717) is 0 Å². The van der Waals surface area contributed by atoms with Gasteiger partial charge in [0.1, 0.15) is 0 Å². The van der Waals surface area contributed by atoms with Crippen LogP contribution in [0.3, 0.4) is 0 Å². The SMILES string of the molecule is [Cl][Cu].c1cc2nc(c1)Cc1cccc(n1)Cc1cccc(n1)C2. The fraction of sp³-hybridized carbons (Fsp3) is 0.167. The van der Waals surface area contributed by atoms with Crippen molar-refractivity contribution >= 4 is 10.1 Å². The Bertz CT molecular complexity index is 648. The molecule has 0 atom stereocenters. The summed E-state index contributed by atoms with van der Waals surface area (Å²) in [5, 5.41) is 0. The van der Waals surface area contributed by atoms with Crippen LogP contribution in [0.2, 0.25) is 0 Å². The topological polar surface area (TPSA) is 38.7 Å². The zero-order chi connectivity index (χ0) is 16.1. The Morgan fingerprint density at radius 1 is 0.522 bits per heavy atom. The van der Waals surface area contributed by atoms with E-state index in [0.717, 1.165) is 53.4 Å². The van der Waals surface area contributed by atoms with Crippen molar-refractivity contribution in [2.24, 2.45) is 0 Å². The zero-order valence-corrected chi connectivity index (χ0v) is 14.0. The summed E-state index contributed by atoms with van der Waals surface area (Å²) in [5.74, 6) is 0. The van der Waals surface area contributed by atoms with E-state index in [9.17, 15) is 0 Å². The molecule has 3 nitrogen and oxygen atoms in total. The van der Waals surface area contributed by atoms with E-state index in [4.69, 9.17) is 15.0 Å². The van der Waals surface area contributed by atoms with Crippen molar-refractivity contribution in [3.63, 3.8) is 0 Å². The maximum Gasteiger partial charge on any atom is 0.0466 e. The third kappa shape index (κ3) is 4.17. The smallest absolute Gasteiger partial charge is 0.0466 e. The number of rotatable bonds is 0. The molecule has 0 fully saturated rings. The van der Waals surface area contributed by atoms with E-state index >= 15 is 0 Å². The number of aromatic nitrogens is 3. The molecule has 3 aromatic heterocycles. The van der Waals surface area contributed by atoms with Crippen LogP contribution in [0, 0.1) is 0 Å². The third-order valence-corrected chi connectivity index (χ3v) is 3.68. The van der Waals surface area contributed by atoms with Crippen molar-refractivity contribution in [2.45, 2.75) is 19.3 Å². The van der Waals surface area contributed by atoms with Gasteiger partial charge in [-0.2, -0.15) is 0 Å². The summed E-state index contributed by atoms with van der Waals surface area (Å²) in [7, 11) is 4.20. The molecule has 120 valence electrons. The minimum atomic E-state index is 0.781. The molecule has 4 rings (SSSR count). The molecule has 0 N–H and O–H groups in total. The van der Waals surface area contributed by atoms with Crippen molar-refractivity contribution in [3.8, 4) is 0 Å². The fourth-order valence-corrected chi connectivity index (χ4v) is 2.74. The van der Waals surface area contributed by atoms with Crippen LogP contribution < -0.4 is 0 Å². The molecule has 5 heteroatoms. The summed E-state index contributed by atoms with van der Waals surface area (Å²) in [6, 6.07) is 18.6. The summed E-state index contributed by atoms with van der Waals surface area (Å²) >= 11 is 3.66. The van der Waals surface area contributed by atoms with E-state index in [1.807, 2.05) is 0 Å². The van der Waals surface area contributed by atoms with Gasteiger partial charge in [-0.1, -0.05) is 18.2 Å². The molecular formula is C18H15ClCuN3. The molecule has 1 aliphatic heterocycles. The van der Waals surface area contributed by atoms with Gasteiger partial charge in [-0.3, -0.25) is 15.0 Å². The number of fused-ring (bicyclic) bond motifs is 6. The van der Waals surface area contributed by atoms with E-state index in [2.05, 4.69) is 79.8 Å². The number of pyridine rings is 3. The monoisotopic (exact) mass is 371 g/mol. The quantitative estimate of drug-likeness (QED) is 0.443. The molecule has 0 aromatic carbocycles. The van der Waals surface area contributed by atoms with Gasteiger partial charge in [0.15, 0.2) is 0 Å². The molecule has 0 amide bonds. The largest absolute Gasteiger partial charge is 0.257 e. The van der Waals surface area contributed by atoms with Crippen molar-refractivity contribution in [3.05, 3.63) is 88.8 Å². The molecular weight excluding hydrogens is 357 g/mol. The first kappa shape index (κ1) is 16.1. The summed E-state index contributed by atoms with van der Waals surface area (Å²) in [4.78, 5) is 14.2. The number of hydrogen-bond acceptors (Lipinski definition) is 3. The Kier molecular flexibility index (Phi) is 5.39. The van der Waals surface area contributed by atoms with E-state index in [1.54, 1.807) is 0 Å². The van der Waals surface area contributed by atoms with Gasteiger partial charge < -0.3 is 0 Å².